The number of hydrogen-bond acceptors (Lipinski definition) is 2. The Bertz CT molecular complexity index is 544. The van der Waals surface area contributed by atoms with Gasteiger partial charge in [-0.2, -0.15) is 0 Å². The number of aryl methyl sites for hydroxylation is 1. The largest absolute Gasteiger partial charge is 0.241 e. The SMILES string of the molecule is Cc1ccc(S(=O)(=O)N[C@@H](C)C2=CCCC2)cc1. The molecule has 18 heavy (non-hydrogen) atoms. The Kier molecular flexibility index (Phi) is 3.88. The first-order valence-corrected chi connectivity index (χ1v) is 7.75. The number of rotatable bonds is 4. The van der Waals surface area contributed by atoms with Crippen molar-refractivity contribution in [3.63, 3.8) is 0 Å². The summed E-state index contributed by atoms with van der Waals surface area (Å²) in [6, 6.07) is 6.81. The second-order valence-corrected chi connectivity index (χ2v) is 6.54. The maximum atomic E-state index is 12.2. The maximum Gasteiger partial charge on any atom is 0.241 e. The van der Waals surface area contributed by atoms with Crippen molar-refractivity contribution in [1.29, 1.82) is 0 Å². The fraction of sp³-hybridized carbons (Fsp3) is 0.429. The highest BCUT2D eigenvalue weighted by Crippen LogP contribution is 2.22. The Morgan fingerprint density at radius 2 is 1.89 bits per heavy atom. The third kappa shape index (κ3) is 3.00. The number of nitrogens with one attached hydrogen (secondary N) is 1. The lowest BCUT2D eigenvalue weighted by Crippen LogP contribution is -2.33. The van der Waals surface area contributed by atoms with Crippen LogP contribution in [-0.2, 0) is 10.0 Å². The van der Waals surface area contributed by atoms with Crippen molar-refractivity contribution in [2.24, 2.45) is 0 Å². The van der Waals surface area contributed by atoms with Gasteiger partial charge in [-0.25, -0.2) is 13.1 Å². The molecule has 0 unspecified atom stereocenters. The molecule has 0 spiro atoms. The smallest absolute Gasteiger partial charge is 0.207 e. The maximum absolute atomic E-state index is 12.2. The molecule has 0 saturated heterocycles. The van der Waals surface area contributed by atoms with Crippen LogP contribution < -0.4 is 4.72 Å². The van der Waals surface area contributed by atoms with E-state index in [-0.39, 0.29) is 6.04 Å². The molecule has 1 aliphatic carbocycles. The Labute approximate surface area is 109 Å². The van der Waals surface area contributed by atoms with E-state index in [1.807, 2.05) is 26.0 Å². The van der Waals surface area contributed by atoms with Crippen molar-refractivity contribution in [3.05, 3.63) is 41.5 Å². The fourth-order valence-electron chi connectivity index (χ4n) is 2.18. The van der Waals surface area contributed by atoms with Crippen LogP contribution in [0.25, 0.3) is 0 Å². The van der Waals surface area contributed by atoms with Crippen molar-refractivity contribution >= 4 is 10.0 Å². The summed E-state index contributed by atoms with van der Waals surface area (Å²) >= 11 is 0. The highest BCUT2D eigenvalue weighted by molar-refractivity contribution is 7.89. The Balaban J connectivity index is 2.14. The van der Waals surface area contributed by atoms with E-state index < -0.39 is 10.0 Å². The molecule has 0 heterocycles. The van der Waals surface area contributed by atoms with E-state index in [2.05, 4.69) is 10.8 Å². The van der Waals surface area contributed by atoms with Crippen LogP contribution in [0, 0.1) is 6.92 Å². The molecule has 1 atom stereocenters. The average molecular weight is 265 g/mol. The van der Waals surface area contributed by atoms with Gasteiger partial charge in [0.2, 0.25) is 10.0 Å². The first-order valence-electron chi connectivity index (χ1n) is 6.27. The molecule has 0 aliphatic heterocycles. The van der Waals surface area contributed by atoms with Crippen LogP contribution in [-0.4, -0.2) is 14.5 Å². The third-order valence-corrected chi connectivity index (χ3v) is 4.85. The quantitative estimate of drug-likeness (QED) is 0.851. The summed E-state index contributed by atoms with van der Waals surface area (Å²) in [5.41, 5.74) is 2.26. The zero-order chi connectivity index (χ0) is 13.2. The van der Waals surface area contributed by atoms with Gasteiger partial charge in [0, 0.05) is 6.04 Å². The van der Waals surface area contributed by atoms with Crippen molar-refractivity contribution in [1.82, 2.24) is 4.72 Å². The van der Waals surface area contributed by atoms with Gasteiger partial charge in [0.05, 0.1) is 4.90 Å². The van der Waals surface area contributed by atoms with E-state index in [0.717, 1.165) is 24.8 Å². The molecule has 1 aromatic carbocycles. The minimum Gasteiger partial charge on any atom is -0.207 e. The summed E-state index contributed by atoms with van der Waals surface area (Å²) < 4.78 is 27.1. The molecule has 0 fully saturated rings. The molecular formula is C14H19NO2S. The monoisotopic (exact) mass is 265 g/mol. The normalized spacial score (nSPS) is 17.6. The molecule has 0 bridgehead atoms. The summed E-state index contributed by atoms with van der Waals surface area (Å²) in [4.78, 5) is 0.332. The van der Waals surface area contributed by atoms with E-state index in [0.29, 0.717) is 4.90 Å². The Morgan fingerprint density at radius 3 is 2.44 bits per heavy atom. The molecule has 3 nitrogen and oxygen atoms in total. The van der Waals surface area contributed by atoms with Crippen molar-refractivity contribution in [2.75, 3.05) is 0 Å². The lowest BCUT2D eigenvalue weighted by Gasteiger charge is -2.15. The molecule has 0 saturated carbocycles. The van der Waals surface area contributed by atoms with Crippen molar-refractivity contribution < 1.29 is 8.42 Å². The highest BCUT2D eigenvalue weighted by Gasteiger charge is 2.20. The van der Waals surface area contributed by atoms with Gasteiger partial charge in [0.15, 0.2) is 0 Å². The van der Waals surface area contributed by atoms with Gasteiger partial charge >= 0.3 is 0 Å². The van der Waals surface area contributed by atoms with Gasteiger partial charge in [-0.05, 0) is 45.2 Å². The predicted octanol–water partition coefficient (Wildman–Crippen LogP) is 2.77. The minimum atomic E-state index is -3.40. The zero-order valence-corrected chi connectivity index (χ0v) is 11.6. The molecule has 2 rings (SSSR count). The molecule has 4 heteroatoms. The van der Waals surface area contributed by atoms with Gasteiger partial charge in [-0.3, -0.25) is 0 Å². The Hall–Kier alpha value is -1.13. The molecule has 0 radical (unpaired) electrons. The van der Waals surface area contributed by atoms with Crippen LogP contribution in [0.3, 0.4) is 0 Å². The molecular weight excluding hydrogens is 246 g/mol. The summed E-state index contributed by atoms with van der Waals surface area (Å²) in [5.74, 6) is 0. The van der Waals surface area contributed by atoms with E-state index in [1.54, 1.807) is 12.1 Å². The fourth-order valence-corrected chi connectivity index (χ4v) is 3.43. The first kappa shape index (κ1) is 13.3. The van der Waals surface area contributed by atoms with Gasteiger partial charge in [-0.15, -0.1) is 0 Å². The minimum absolute atomic E-state index is 0.112. The molecule has 0 aromatic heterocycles. The summed E-state index contributed by atoms with van der Waals surface area (Å²) in [7, 11) is -3.40. The zero-order valence-electron chi connectivity index (χ0n) is 10.8. The van der Waals surface area contributed by atoms with Crippen LogP contribution in [0.15, 0.2) is 40.8 Å². The van der Waals surface area contributed by atoms with E-state index in [4.69, 9.17) is 0 Å². The lowest BCUT2D eigenvalue weighted by atomic mass is 10.1. The number of allylic oxidation sites excluding steroid dienone is 1. The van der Waals surface area contributed by atoms with Crippen LogP contribution in [0.4, 0.5) is 0 Å². The van der Waals surface area contributed by atoms with Gasteiger partial charge < -0.3 is 0 Å². The molecule has 0 amide bonds. The van der Waals surface area contributed by atoms with Gasteiger partial charge in [0.1, 0.15) is 0 Å². The van der Waals surface area contributed by atoms with Crippen LogP contribution in [0.1, 0.15) is 31.7 Å². The van der Waals surface area contributed by atoms with Crippen LogP contribution in [0.2, 0.25) is 0 Å². The summed E-state index contributed by atoms with van der Waals surface area (Å²) in [5, 5.41) is 0. The molecule has 98 valence electrons. The predicted molar refractivity (Wildman–Crippen MR) is 72.9 cm³/mol. The average Bonchev–Trinajstić information content (AvgIpc) is 2.82. The highest BCUT2D eigenvalue weighted by atomic mass is 32.2. The van der Waals surface area contributed by atoms with E-state index in [9.17, 15) is 8.42 Å². The first-order chi connectivity index (χ1) is 8.49. The number of hydrogen-bond donors (Lipinski definition) is 1. The van der Waals surface area contributed by atoms with Crippen molar-refractivity contribution in [3.8, 4) is 0 Å². The summed E-state index contributed by atoms with van der Waals surface area (Å²) in [6.07, 6.45) is 5.33. The van der Waals surface area contributed by atoms with E-state index in [1.165, 1.54) is 5.57 Å². The van der Waals surface area contributed by atoms with Crippen LogP contribution >= 0.6 is 0 Å². The number of sulfonamides is 1. The summed E-state index contributed by atoms with van der Waals surface area (Å²) in [6.45, 7) is 3.85. The Morgan fingerprint density at radius 1 is 1.22 bits per heavy atom. The molecule has 1 aromatic rings. The third-order valence-electron chi connectivity index (χ3n) is 3.30. The second-order valence-electron chi connectivity index (χ2n) is 4.83. The van der Waals surface area contributed by atoms with E-state index >= 15 is 0 Å². The van der Waals surface area contributed by atoms with Crippen molar-refractivity contribution in [2.45, 2.75) is 44.0 Å². The number of benzene rings is 1. The lowest BCUT2D eigenvalue weighted by molar-refractivity contribution is 0.571. The van der Waals surface area contributed by atoms with Crippen LogP contribution in [0.5, 0.6) is 0 Å². The van der Waals surface area contributed by atoms with Gasteiger partial charge in [-0.1, -0.05) is 29.3 Å². The van der Waals surface area contributed by atoms with Gasteiger partial charge in [0.25, 0.3) is 0 Å². The molecule has 1 aliphatic rings. The second kappa shape index (κ2) is 5.24. The standard InChI is InChI=1S/C14H19NO2S/c1-11-7-9-14(10-8-11)18(16,17)15-12(2)13-5-3-4-6-13/h5,7-10,12,15H,3-4,6H2,1-2H3/t12-/m0/s1. The topological polar surface area (TPSA) is 46.2 Å². The molecule has 1 N–H and O–H groups in total.